The number of quaternary nitrogens is 1. The van der Waals surface area contributed by atoms with Crippen LogP contribution in [0.25, 0.3) is 0 Å². The van der Waals surface area contributed by atoms with Crippen LogP contribution >= 0.6 is 7.82 Å². The molecule has 32 nitrogen and oxygen atoms in total. The van der Waals surface area contributed by atoms with Crippen molar-refractivity contribution >= 4 is 78.9 Å². The van der Waals surface area contributed by atoms with Crippen LogP contribution in [-0.2, 0) is 85.9 Å². The van der Waals surface area contributed by atoms with E-state index in [4.69, 9.17) is 4.52 Å². The molecule has 0 spiro atoms. The van der Waals surface area contributed by atoms with Gasteiger partial charge in [0.15, 0.2) is 6.04 Å². The molecule has 0 aromatic heterocycles. The summed E-state index contributed by atoms with van der Waals surface area (Å²) in [6, 6.07) is 1.85. The Balaban J connectivity index is 1.68. The topological polar surface area (TPSA) is 534 Å². The molecule has 1 fully saturated rings. The summed E-state index contributed by atoms with van der Waals surface area (Å²) in [4.78, 5) is 188. The van der Waals surface area contributed by atoms with Crippen molar-refractivity contribution in [1.82, 2.24) is 47.4 Å². The zero-order chi connectivity index (χ0) is 69.4. The van der Waals surface area contributed by atoms with Crippen molar-refractivity contribution < 1.29 is 113 Å². The number of amides is 9. The second-order valence-corrected chi connectivity index (χ2v) is 24.0. The zero-order valence-corrected chi connectivity index (χ0v) is 52.6. The lowest BCUT2D eigenvalue weighted by atomic mass is 9.96. The molecule has 4 rings (SSSR count). The van der Waals surface area contributed by atoms with E-state index in [0.717, 1.165) is 11.8 Å². The number of hydrogen-bond donors (Lipinski definition) is 12. The third-order valence-corrected chi connectivity index (χ3v) is 15.7. The second-order valence-electron chi connectivity index (χ2n) is 22.9. The monoisotopic (exact) mass is 1320 g/mol. The van der Waals surface area contributed by atoms with E-state index in [2.05, 4.69) is 43.0 Å². The number of hydrogen-bond acceptors (Lipinski definition) is 22. The van der Waals surface area contributed by atoms with Gasteiger partial charge >= 0.3 is 0 Å². The van der Waals surface area contributed by atoms with Gasteiger partial charge in [0.05, 0.1) is 25.9 Å². The van der Waals surface area contributed by atoms with Gasteiger partial charge in [-0.2, -0.15) is 0 Å². The lowest BCUT2D eigenvalue weighted by Gasteiger charge is -2.37. The molecule has 0 unspecified atom stereocenters. The Morgan fingerprint density at radius 1 is 0.591 bits per heavy atom. The van der Waals surface area contributed by atoms with Gasteiger partial charge in [0.2, 0.25) is 47.3 Å². The third kappa shape index (κ3) is 25.2. The maximum atomic E-state index is 14.9. The molecule has 33 heteroatoms. The number of phosphoric ester groups is 1. The summed E-state index contributed by atoms with van der Waals surface area (Å²) >= 11 is 0. The molecule has 14 N–H and O–H groups in total. The smallest absolute Gasteiger partial charge is 0.281 e. The fourth-order valence-electron chi connectivity index (χ4n) is 9.86. The van der Waals surface area contributed by atoms with E-state index < -0.39 is 190 Å². The highest BCUT2D eigenvalue weighted by Crippen LogP contribution is 2.30. The van der Waals surface area contributed by atoms with Crippen LogP contribution in [0.3, 0.4) is 0 Å². The first-order valence-electron chi connectivity index (χ1n) is 29.8. The van der Waals surface area contributed by atoms with Crippen molar-refractivity contribution in [3.63, 3.8) is 0 Å². The fourth-order valence-corrected chi connectivity index (χ4v) is 10.4. The van der Waals surface area contributed by atoms with Crippen molar-refractivity contribution in [2.75, 3.05) is 13.2 Å². The number of nitrogens with zero attached hydrogens (tertiary/aromatic N) is 1. The summed E-state index contributed by atoms with van der Waals surface area (Å²) < 4.78 is 16.9. The van der Waals surface area contributed by atoms with Crippen LogP contribution in [-0.4, -0.2) is 171 Å². The van der Waals surface area contributed by atoms with Gasteiger partial charge in [-0.1, -0.05) is 88.7 Å². The van der Waals surface area contributed by atoms with Crippen molar-refractivity contribution in [2.45, 2.75) is 165 Å². The van der Waals surface area contributed by atoms with Crippen LogP contribution in [0.5, 0.6) is 11.5 Å². The molecule has 1 heterocycles. The van der Waals surface area contributed by atoms with Gasteiger partial charge in [0.25, 0.3) is 5.91 Å². The summed E-state index contributed by atoms with van der Waals surface area (Å²) in [6.45, 7) is 6.60. The van der Waals surface area contributed by atoms with Crippen LogP contribution in [0.4, 0.5) is 0 Å². The number of aliphatic hydroxyl groups excluding tert-OH is 1. The summed E-state index contributed by atoms with van der Waals surface area (Å²) in [6.07, 6.45) is -5.93. The number of phosphoric acid groups is 1. The van der Waals surface area contributed by atoms with Crippen molar-refractivity contribution in [3.8, 4) is 11.5 Å². The normalized spacial score (nSPS) is 16.6. The molecule has 0 radical (unpaired) electrons. The average molecular weight is 1320 g/mol. The van der Waals surface area contributed by atoms with Crippen LogP contribution < -0.4 is 73.4 Å². The maximum absolute atomic E-state index is 14.9. The van der Waals surface area contributed by atoms with Gasteiger partial charge in [-0.05, 0) is 91.8 Å². The first-order valence-corrected chi connectivity index (χ1v) is 31.2. The summed E-state index contributed by atoms with van der Waals surface area (Å²) in [5, 5.41) is 83.6. The van der Waals surface area contributed by atoms with Crippen LogP contribution in [0.1, 0.15) is 96.3 Å². The molecule has 93 heavy (non-hydrogen) atoms. The Labute approximate surface area is 534 Å². The fraction of sp³-hybridized carbons (Fsp3) is 0.500. The van der Waals surface area contributed by atoms with E-state index >= 15 is 0 Å². The molecule has 3 aromatic rings. The van der Waals surface area contributed by atoms with Gasteiger partial charge in [-0.25, -0.2) is 0 Å². The summed E-state index contributed by atoms with van der Waals surface area (Å²) in [5.41, 5.74) is 4.65. The van der Waals surface area contributed by atoms with Crippen LogP contribution in [0, 0.1) is 11.8 Å². The highest BCUT2D eigenvalue weighted by Gasteiger charge is 2.43. The number of nitrogens with one attached hydrogen (secondary N) is 8. The van der Waals surface area contributed by atoms with E-state index in [9.17, 15) is 103 Å². The number of rotatable bonds is 37. The Kier molecular flexibility index (Phi) is 29.8. The molecule has 3 aromatic carbocycles. The number of aliphatic carboxylic acids is 3. The minimum absolute atomic E-state index is 0.0312. The first-order chi connectivity index (χ1) is 43.7. The minimum atomic E-state index is -6.01. The number of carbonyl (C=O) groups excluding carboxylic acids is 12. The molecule has 0 bridgehead atoms. The van der Waals surface area contributed by atoms with E-state index in [1.54, 1.807) is 58.0 Å². The van der Waals surface area contributed by atoms with E-state index in [1.165, 1.54) is 48.5 Å². The van der Waals surface area contributed by atoms with E-state index in [0.29, 0.717) is 17.5 Å². The van der Waals surface area contributed by atoms with Crippen LogP contribution in [0.2, 0.25) is 0 Å². The number of aromatic hydroxyl groups is 2. The standard InChI is InChI=1S/C60H83N10O22P/c1-6-32(4)49(68-51(78)39(61)30-71)58(85)66-43(28-36-16-20-38(73)21-17-36)54(81)65-44(26-34-11-8-7-9-12-34)56(83)69-50(33(5)92-93(89,90)91)59(86)70-24-10-13-46(70)57(84)62-40(22-23-47(74)75)52(79)63-41(25-31(2)3)53(80)64-42(27-35-14-18-37(72)19-15-35)55(82)67-45(60(87)88)29-48(76)77/h7-9,11-12,14-21,31-33,39-46,49-50,71-73H,6,10,13,22-30,61H2,1-5H3,(H,62,84)(H,63,79)(H,64,80)(H,65,81)(H,66,85)(H,67,82)(H,68,78)(H,69,83)(H,74,75)(H,76,77)(H,87,88)(H2,89,90,91)/p-4/t32-,33+,39-,40-,41-,42-,43-,44-,45-,46-,49-,50-/m0/s1. The third-order valence-electron chi connectivity index (χ3n) is 15.1. The molecule has 1 aliphatic heterocycles. The van der Waals surface area contributed by atoms with Crippen LogP contribution in [0.15, 0.2) is 78.9 Å². The molecule has 0 saturated carbocycles. The van der Waals surface area contributed by atoms with E-state index in [-0.39, 0.29) is 55.7 Å². The Bertz CT molecular complexity index is 3150. The zero-order valence-electron chi connectivity index (χ0n) is 51.7. The predicted octanol–water partition coefficient (Wildman–Crippen LogP) is -7.66. The first kappa shape index (κ1) is 76.4. The van der Waals surface area contributed by atoms with Gasteiger partial charge in [-0.15, -0.1) is 0 Å². The summed E-state index contributed by atoms with van der Waals surface area (Å²) in [5.74, 6) is -16.6. The van der Waals surface area contributed by atoms with Gasteiger partial charge in [0.1, 0.15) is 66.4 Å². The van der Waals surface area contributed by atoms with Gasteiger partial charge < -0.3 is 117 Å². The maximum Gasteiger partial charge on any atom is 0.281 e. The number of aliphatic hydroxyl groups is 1. The molecule has 9 amide bonds. The number of carboxylic acid groups (broad SMARTS) is 3. The number of carbonyl (C=O) groups is 12. The predicted molar refractivity (Wildman–Crippen MR) is 314 cm³/mol. The SMILES string of the molecule is CC[C@H](C)[C@H](NC(=O)[C@@H]([NH3+])CO)C(=O)N[C@@H](Cc1ccc(O)cc1)C(=O)N[C@@H](Cc1ccccc1)C(=O)N[C@H](C(=O)N1CCC[C@H]1C(=O)N[C@@H](CCC(=O)[O-])C(=O)N[C@@H](CC(C)C)C(=O)N[C@@H](Cc1ccc(O)cc1)C(=O)N[C@@H](CC(=O)[O-])C(=O)[O-])[C@@H](C)OP(=O)([O-])[O-]. The molecular weight excluding hydrogens is 1240 g/mol. The molecule has 1 aliphatic rings. The summed E-state index contributed by atoms with van der Waals surface area (Å²) in [7, 11) is -6.01. The average Bonchev–Trinajstić information content (AvgIpc) is 1.97. The Morgan fingerprint density at radius 2 is 1.04 bits per heavy atom. The highest BCUT2D eigenvalue weighted by molar-refractivity contribution is 7.43. The van der Waals surface area contributed by atoms with Crippen molar-refractivity contribution in [3.05, 3.63) is 95.6 Å². The minimum Gasteiger partial charge on any atom is -0.790 e. The van der Waals surface area contributed by atoms with Gasteiger partial charge in [-0.3, -0.25) is 43.2 Å². The number of likely N-dealkylation sites (tertiary alicyclic amines) is 1. The Morgan fingerprint density at radius 3 is 1.51 bits per heavy atom. The van der Waals surface area contributed by atoms with E-state index in [1.807, 2.05) is 5.32 Å². The molecule has 1 saturated heterocycles. The lowest BCUT2D eigenvalue weighted by molar-refractivity contribution is -0.409. The number of phenolic OH excluding ortho intramolecular Hbond substituents is 2. The second kappa shape index (κ2) is 36.2. The molecule has 0 aliphatic carbocycles. The van der Waals surface area contributed by atoms with Crippen molar-refractivity contribution in [1.29, 1.82) is 0 Å². The lowest BCUT2D eigenvalue weighted by Crippen LogP contribution is -2.71. The number of carboxylic acids is 3. The molecule has 12 atom stereocenters. The number of phenols is 2. The Hall–Kier alpha value is -9.07. The highest BCUT2D eigenvalue weighted by atomic mass is 31.2. The quantitative estimate of drug-likeness (QED) is 0.0239. The largest absolute Gasteiger partial charge is 0.790 e. The van der Waals surface area contributed by atoms with Crippen molar-refractivity contribution in [2.24, 2.45) is 11.8 Å². The molecular formula is C60H79N10O22P-4. The van der Waals surface area contributed by atoms with Gasteiger partial charge in [0, 0.05) is 44.2 Å². The number of benzene rings is 3. The molecule has 510 valence electrons.